The van der Waals surface area contributed by atoms with Crippen LogP contribution in [-0.4, -0.2) is 55.1 Å². The summed E-state index contributed by atoms with van der Waals surface area (Å²) in [6.07, 6.45) is 7.87. The second-order valence-corrected chi connectivity index (χ2v) is 8.28. The molecule has 1 aromatic carbocycles. The summed E-state index contributed by atoms with van der Waals surface area (Å²) < 4.78 is 0. The zero-order valence-electron chi connectivity index (χ0n) is 15.5. The van der Waals surface area contributed by atoms with Gasteiger partial charge in [-0.25, -0.2) is 0 Å². The standard InChI is InChI=1S/C20H30N4O2/c25-24(26)19-3-1-17(2-4-19)22-13-5-18(6-14-22)23-15-9-20(10-16-23)7-11-21-12-8-20/h1-4,18,21H,5-16H2. The highest BCUT2D eigenvalue weighted by molar-refractivity contribution is 5.51. The summed E-state index contributed by atoms with van der Waals surface area (Å²) in [5, 5.41) is 14.3. The molecule has 0 bridgehead atoms. The average Bonchev–Trinajstić information content (AvgIpc) is 2.69. The first-order valence-corrected chi connectivity index (χ1v) is 10.1. The number of anilines is 1. The minimum absolute atomic E-state index is 0.170. The fourth-order valence-corrected chi connectivity index (χ4v) is 5.09. The second kappa shape index (κ2) is 7.53. The molecule has 6 heteroatoms. The predicted octanol–water partition coefficient (Wildman–Crippen LogP) is 3.03. The number of nitrogens with zero attached hydrogens (tertiary/aromatic N) is 3. The maximum Gasteiger partial charge on any atom is 0.269 e. The van der Waals surface area contributed by atoms with Gasteiger partial charge in [0.05, 0.1) is 4.92 Å². The van der Waals surface area contributed by atoms with E-state index in [-0.39, 0.29) is 10.6 Å². The Morgan fingerprint density at radius 2 is 1.58 bits per heavy atom. The van der Waals surface area contributed by atoms with Crippen LogP contribution in [0, 0.1) is 15.5 Å². The van der Waals surface area contributed by atoms with Crippen molar-refractivity contribution in [2.24, 2.45) is 5.41 Å². The van der Waals surface area contributed by atoms with E-state index in [0.717, 1.165) is 18.8 Å². The molecule has 3 saturated heterocycles. The highest BCUT2D eigenvalue weighted by Crippen LogP contribution is 2.40. The number of piperidine rings is 3. The zero-order valence-corrected chi connectivity index (χ0v) is 15.5. The van der Waals surface area contributed by atoms with Crippen LogP contribution in [-0.2, 0) is 0 Å². The van der Waals surface area contributed by atoms with Crippen molar-refractivity contribution in [3.63, 3.8) is 0 Å². The quantitative estimate of drug-likeness (QED) is 0.665. The van der Waals surface area contributed by atoms with E-state index in [4.69, 9.17) is 0 Å². The second-order valence-electron chi connectivity index (χ2n) is 8.28. The van der Waals surface area contributed by atoms with Crippen LogP contribution in [0.5, 0.6) is 0 Å². The molecule has 3 fully saturated rings. The van der Waals surface area contributed by atoms with Crippen molar-refractivity contribution in [2.45, 2.75) is 44.6 Å². The van der Waals surface area contributed by atoms with E-state index in [1.54, 1.807) is 12.1 Å². The predicted molar refractivity (Wildman–Crippen MR) is 104 cm³/mol. The van der Waals surface area contributed by atoms with Crippen molar-refractivity contribution in [3.05, 3.63) is 34.4 Å². The number of rotatable bonds is 3. The van der Waals surface area contributed by atoms with Gasteiger partial charge in [0.15, 0.2) is 0 Å². The maximum absolute atomic E-state index is 10.8. The molecule has 0 aromatic heterocycles. The molecule has 0 radical (unpaired) electrons. The lowest BCUT2D eigenvalue weighted by Gasteiger charge is -2.48. The van der Waals surface area contributed by atoms with Crippen LogP contribution in [0.4, 0.5) is 11.4 Å². The first-order valence-electron chi connectivity index (χ1n) is 10.1. The van der Waals surface area contributed by atoms with Crippen molar-refractivity contribution in [1.29, 1.82) is 0 Å². The number of nitro benzene ring substituents is 1. The number of benzene rings is 1. The molecule has 3 aliphatic rings. The van der Waals surface area contributed by atoms with E-state index in [1.165, 1.54) is 64.7 Å². The van der Waals surface area contributed by atoms with Crippen molar-refractivity contribution in [2.75, 3.05) is 44.2 Å². The number of non-ortho nitro benzene ring substituents is 1. The van der Waals surface area contributed by atoms with Crippen LogP contribution in [0.1, 0.15) is 38.5 Å². The number of nitrogens with one attached hydrogen (secondary N) is 1. The van der Waals surface area contributed by atoms with E-state index in [9.17, 15) is 10.1 Å². The highest BCUT2D eigenvalue weighted by Gasteiger charge is 2.37. The van der Waals surface area contributed by atoms with Crippen molar-refractivity contribution in [1.82, 2.24) is 10.2 Å². The van der Waals surface area contributed by atoms with Gasteiger partial charge in [-0.3, -0.25) is 10.1 Å². The monoisotopic (exact) mass is 358 g/mol. The van der Waals surface area contributed by atoms with Gasteiger partial charge in [0.1, 0.15) is 0 Å². The molecule has 142 valence electrons. The number of hydrogen-bond acceptors (Lipinski definition) is 5. The molecule has 26 heavy (non-hydrogen) atoms. The number of hydrogen-bond donors (Lipinski definition) is 1. The van der Waals surface area contributed by atoms with Gasteiger partial charge in [-0.15, -0.1) is 0 Å². The van der Waals surface area contributed by atoms with Crippen molar-refractivity contribution < 1.29 is 4.92 Å². The SMILES string of the molecule is O=[N+]([O-])c1ccc(N2CCC(N3CCC4(CCNCC4)CC3)CC2)cc1. The van der Waals surface area contributed by atoms with Gasteiger partial charge < -0.3 is 15.1 Å². The van der Waals surface area contributed by atoms with Gasteiger partial charge in [0.25, 0.3) is 5.69 Å². The summed E-state index contributed by atoms with van der Waals surface area (Å²) in [7, 11) is 0. The summed E-state index contributed by atoms with van der Waals surface area (Å²) >= 11 is 0. The van der Waals surface area contributed by atoms with Crippen molar-refractivity contribution in [3.8, 4) is 0 Å². The molecule has 6 nitrogen and oxygen atoms in total. The molecule has 4 rings (SSSR count). The Morgan fingerprint density at radius 1 is 0.962 bits per heavy atom. The van der Waals surface area contributed by atoms with Crippen LogP contribution < -0.4 is 10.2 Å². The summed E-state index contributed by atoms with van der Waals surface area (Å²) in [5.41, 5.74) is 1.91. The average molecular weight is 358 g/mol. The van der Waals surface area contributed by atoms with Gasteiger partial charge in [-0.05, 0) is 82.3 Å². The normalized spacial score (nSPS) is 24.7. The Balaban J connectivity index is 1.28. The summed E-state index contributed by atoms with van der Waals surface area (Å²) in [5.74, 6) is 0. The third-order valence-electron chi connectivity index (χ3n) is 6.93. The lowest BCUT2D eigenvalue weighted by Crippen LogP contribution is -2.51. The maximum atomic E-state index is 10.8. The molecule has 1 aromatic rings. The van der Waals surface area contributed by atoms with E-state index in [0.29, 0.717) is 11.5 Å². The largest absolute Gasteiger partial charge is 0.371 e. The highest BCUT2D eigenvalue weighted by atomic mass is 16.6. The topological polar surface area (TPSA) is 61.7 Å². The van der Waals surface area contributed by atoms with Crippen LogP contribution in [0.3, 0.4) is 0 Å². The molecule has 0 unspecified atom stereocenters. The lowest BCUT2D eigenvalue weighted by molar-refractivity contribution is -0.384. The molecular formula is C20H30N4O2. The minimum Gasteiger partial charge on any atom is -0.371 e. The fraction of sp³-hybridized carbons (Fsp3) is 0.700. The summed E-state index contributed by atoms with van der Waals surface area (Å²) in [4.78, 5) is 15.6. The van der Waals surface area contributed by atoms with E-state index >= 15 is 0 Å². The molecule has 1 N–H and O–H groups in total. The Kier molecular flexibility index (Phi) is 5.14. The molecule has 0 saturated carbocycles. The molecular weight excluding hydrogens is 328 g/mol. The van der Waals surface area contributed by atoms with E-state index in [2.05, 4.69) is 15.1 Å². The van der Waals surface area contributed by atoms with Crippen LogP contribution >= 0.6 is 0 Å². The molecule has 0 amide bonds. The van der Waals surface area contributed by atoms with Gasteiger partial charge >= 0.3 is 0 Å². The van der Waals surface area contributed by atoms with Gasteiger partial charge in [0, 0.05) is 37.0 Å². The van der Waals surface area contributed by atoms with Crippen LogP contribution in [0.25, 0.3) is 0 Å². The number of nitro groups is 1. The first kappa shape index (κ1) is 17.7. The third-order valence-corrected chi connectivity index (χ3v) is 6.93. The smallest absolute Gasteiger partial charge is 0.269 e. The summed E-state index contributed by atoms with van der Waals surface area (Å²) in [6, 6.07) is 7.72. The van der Waals surface area contributed by atoms with E-state index in [1.807, 2.05) is 12.1 Å². The minimum atomic E-state index is -0.332. The Bertz CT molecular complexity index is 609. The third kappa shape index (κ3) is 3.71. The van der Waals surface area contributed by atoms with Gasteiger partial charge in [0.2, 0.25) is 0 Å². The van der Waals surface area contributed by atoms with Gasteiger partial charge in [-0.1, -0.05) is 0 Å². The number of likely N-dealkylation sites (tertiary alicyclic amines) is 1. The molecule has 3 heterocycles. The Morgan fingerprint density at radius 3 is 2.15 bits per heavy atom. The van der Waals surface area contributed by atoms with Crippen LogP contribution in [0.15, 0.2) is 24.3 Å². The fourth-order valence-electron chi connectivity index (χ4n) is 5.09. The molecule has 0 aliphatic carbocycles. The Labute approximate surface area is 155 Å². The van der Waals surface area contributed by atoms with Gasteiger partial charge in [-0.2, -0.15) is 0 Å². The zero-order chi connectivity index (χ0) is 18.0. The van der Waals surface area contributed by atoms with E-state index < -0.39 is 0 Å². The van der Waals surface area contributed by atoms with Crippen LogP contribution in [0.2, 0.25) is 0 Å². The first-order chi connectivity index (χ1) is 12.7. The Hall–Kier alpha value is -1.66. The summed E-state index contributed by atoms with van der Waals surface area (Å²) in [6.45, 7) is 7.04. The molecule has 1 spiro atoms. The van der Waals surface area contributed by atoms with Crippen molar-refractivity contribution >= 4 is 11.4 Å². The molecule has 0 atom stereocenters. The molecule has 3 aliphatic heterocycles. The lowest BCUT2D eigenvalue weighted by atomic mass is 9.71.